The highest BCUT2D eigenvalue weighted by Crippen LogP contribution is 2.27. The van der Waals surface area contributed by atoms with Crippen molar-refractivity contribution in [3.63, 3.8) is 0 Å². The summed E-state index contributed by atoms with van der Waals surface area (Å²) in [6, 6.07) is 0. The van der Waals surface area contributed by atoms with E-state index in [0.717, 1.165) is 63.9 Å². The van der Waals surface area contributed by atoms with Gasteiger partial charge in [0.25, 0.3) is 0 Å². The number of likely N-dealkylation sites (tertiary alicyclic amines) is 1. The molecule has 2 saturated heterocycles. The van der Waals surface area contributed by atoms with Crippen molar-refractivity contribution < 1.29 is 17.9 Å². The molecule has 0 amide bonds. The lowest BCUT2D eigenvalue weighted by molar-refractivity contribution is -0.138. The molecule has 25 heavy (non-hydrogen) atoms. The Morgan fingerprint density at radius 3 is 2.60 bits per heavy atom. The highest BCUT2D eigenvalue weighted by atomic mass is 19.4. The van der Waals surface area contributed by atoms with Crippen molar-refractivity contribution in [2.24, 2.45) is 7.05 Å². The molecule has 9 heteroatoms. The van der Waals surface area contributed by atoms with Crippen molar-refractivity contribution in [2.75, 3.05) is 45.9 Å². The number of hydrogen-bond donors (Lipinski definition) is 0. The molecule has 0 spiro atoms. The molecule has 6 nitrogen and oxygen atoms in total. The van der Waals surface area contributed by atoms with E-state index in [1.165, 1.54) is 0 Å². The smallest absolute Gasteiger partial charge is 0.379 e. The largest absolute Gasteiger partial charge is 0.390 e. The number of morpholine rings is 1. The molecule has 0 N–H and O–H groups in total. The van der Waals surface area contributed by atoms with Crippen molar-refractivity contribution in [1.82, 2.24) is 24.6 Å². The first kappa shape index (κ1) is 18.6. The first-order valence-electron chi connectivity index (χ1n) is 8.90. The molecule has 142 valence electrons. The molecule has 2 fully saturated rings. The predicted octanol–water partition coefficient (Wildman–Crippen LogP) is 1.78. The van der Waals surface area contributed by atoms with Crippen LogP contribution in [0.2, 0.25) is 0 Å². The van der Waals surface area contributed by atoms with Crippen LogP contribution in [0.5, 0.6) is 0 Å². The fourth-order valence-electron chi connectivity index (χ4n) is 3.58. The SMILES string of the molecule is Cn1c(CN2CCOCC2)nnc1[C@@H]1CCCN(CCC(F)(F)F)C1. The molecule has 0 aromatic carbocycles. The van der Waals surface area contributed by atoms with Crippen molar-refractivity contribution in [2.45, 2.75) is 37.9 Å². The molecule has 1 atom stereocenters. The van der Waals surface area contributed by atoms with Gasteiger partial charge in [0, 0.05) is 39.1 Å². The third-order valence-electron chi connectivity index (χ3n) is 5.05. The Morgan fingerprint density at radius 2 is 1.88 bits per heavy atom. The fourth-order valence-corrected chi connectivity index (χ4v) is 3.58. The molecular weight excluding hydrogens is 335 g/mol. The van der Waals surface area contributed by atoms with Gasteiger partial charge >= 0.3 is 6.18 Å². The van der Waals surface area contributed by atoms with Crippen LogP contribution < -0.4 is 0 Å². The summed E-state index contributed by atoms with van der Waals surface area (Å²) < 4.78 is 44.7. The summed E-state index contributed by atoms with van der Waals surface area (Å²) >= 11 is 0. The van der Waals surface area contributed by atoms with E-state index >= 15 is 0 Å². The van der Waals surface area contributed by atoms with Crippen LogP contribution in [0.4, 0.5) is 13.2 Å². The van der Waals surface area contributed by atoms with Gasteiger partial charge in [0.2, 0.25) is 0 Å². The second-order valence-electron chi connectivity index (χ2n) is 6.93. The van der Waals surface area contributed by atoms with Gasteiger partial charge in [-0.2, -0.15) is 13.2 Å². The average molecular weight is 361 g/mol. The third kappa shape index (κ3) is 5.15. The van der Waals surface area contributed by atoms with Crippen LogP contribution in [0.1, 0.15) is 36.8 Å². The summed E-state index contributed by atoms with van der Waals surface area (Å²) in [6.45, 7) is 5.40. The number of halogens is 3. The van der Waals surface area contributed by atoms with Gasteiger partial charge in [-0.25, -0.2) is 0 Å². The number of piperidine rings is 1. The Balaban J connectivity index is 1.59. The predicted molar refractivity (Wildman–Crippen MR) is 86.2 cm³/mol. The van der Waals surface area contributed by atoms with E-state index < -0.39 is 12.6 Å². The number of nitrogens with zero attached hydrogens (tertiary/aromatic N) is 5. The van der Waals surface area contributed by atoms with Crippen LogP contribution in [0.25, 0.3) is 0 Å². The van der Waals surface area contributed by atoms with Crippen LogP contribution in [-0.4, -0.2) is 76.7 Å². The van der Waals surface area contributed by atoms with Crippen molar-refractivity contribution in [1.29, 1.82) is 0 Å². The summed E-state index contributed by atoms with van der Waals surface area (Å²) in [5, 5.41) is 8.68. The maximum absolute atomic E-state index is 12.5. The van der Waals surface area contributed by atoms with E-state index in [-0.39, 0.29) is 12.5 Å². The molecular formula is C16H26F3N5O. The molecule has 0 radical (unpaired) electrons. The van der Waals surface area contributed by atoms with E-state index in [9.17, 15) is 13.2 Å². The lowest BCUT2D eigenvalue weighted by Crippen LogP contribution is -2.37. The van der Waals surface area contributed by atoms with E-state index in [0.29, 0.717) is 6.54 Å². The lowest BCUT2D eigenvalue weighted by Gasteiger charge is -2.32. The van der Waals surface area contributed by atoms with Gasteiger partial charge in [-0.3, -0.25) is 4.90 Å². The molecule has 0 unspecified atom stereocenters. The summed E-state index contributed by atoms with van der Waals surface area (Å²) in [7, 11) is 1.96. The maximum Gasteiger partial charge on any atom is 0.390 e. The van der Waals surface area contributed by atoms with Crippen LogP contribution in [0, 0.1) is 0 Å². The number of rotatable bonds is 5. The maximum atomic E-state index is 12.5. The van der Waals surface area contributed by atoms with Gasteiger partial charge in [0.1, 0.15) is 11.6 Å². The average Bonchev–Trinajstić information content (AvgIpc) is 2.94. The zero-order chi connectivity index (χ0) is 17.9. The molecule has 2 aliphatic heterocycles. The minimum absolute atomic E-state index is 0.0679. The van der Waals surface area contributed by atoms with Gasteiger partial charge in [-0.05, 0) is 19.4 Å². The summed E-state index contributed by atoms with van der Waals surface area (Å²) in [4.78, 5) is 4.19. The highest BCUT2D eigenvalue weighted by Gasteiger charge is 2.31. The zero-order valence-electron chi connectivity index (χ0n) is 14.6. The number of aromatic nitrogens is 3. The number of ether oxygens (including phenoxy) is 1. The van der Waals surface area contributed by atoms with Gasteiger partial charge in [0.15, 0.2) is 0 Å². The van der Waals surface area contributed by atoms with Gasteiger partial charge in [0.05, 0.1) is 26.2 Å². The van der Waals surface area contributed by atoms with E-state index in [1.54, 1.807) is 0 Å². The standard InChI is InChI=1S/C16H26F3N5O/c1-22-14(12-24-7-9-25-10-8-24)20-21-15(22)13-3-2-5-23(11-13)6-4-16(17,18)19/h13H,2-12H2,1H3/t13-/m1/s1. The third-order valence-corrected chi connectivity index (χ3v) is 5.05. The monoisotopic (exact) mass is 361 g/mol. The van der Waals surface area contributed by atoms with Gasteiger partial charge in [-0.15, -0.1) is 10.2 Å². The Hall–Kier alpha value is -1.19. The van der Waals surface area contributed by atoms with Crippen LogP contribution in [-0.2, 0) is 18.3 Å². The molecule has 3 heterocycles. The molecule has 1 aromatic heterocycles. The topological polar surface area (TPSA) is 46.4 Å². The van der Waals surface area contributed by atoms with E-state index in [2.05, 4.69) is 15.1 Å². The van der Waals surface area contributed by atoms with Crippen molar-refractivity contribution in [3.05, 3.63) is 11.6 Å². The molecule has 3 rings (SSSR count). The summed E-state index contributed by atoms with van der Waals surface area (Å²) in [5.41, 5.74) is 0. The molecule has 0 aliphatic carbocycles. The summed E-state index contributed by atoms with van der Waals surface area (Å²) in [5.74, 6) is 1.95. The van der Waals surface area contributed by atoms with Gasteiger partial charge in [-0.1, -0.05) is 0 Å². The molecule has 2 aliphatic rings. The zero-order valence-corrected chi connectivity index (χ0v) is 14.6. The normalized spacial score (nSPS) is 23.9. The minimum atomic E-state index is -4.09. The molecule has 0 bridgehead atoms. The van der Waals surface area contributed by atoms with Crippen LogP contribution >= 0.6 is 0 Å². The van der Waals surface area contributed by atoms with E-state index in [4.69, 9.17) is 4.74 Å². The minimum Gasteiger partial charge on any atom is -0.379 e. The summed E-state index contributed by atoms with van der Waals surface area (Å²) in [6.07, 6.45) is -3.00. The fraction of sp³-hybridized carbons (Fsp3) is 0.875. The Labute approximate surface area is 145 Å². The molecule has 1 aromatic rings. The Kier molecular flexibility index (Phi) is 5.96. The Morgan fingerprint density at radius 1 is 1.12 bits per heavy atom. The second kappa shape index (κ2) is 8.01. The first-order chi connectivity index (χ1) is 11.9. The molecule has 0 saturated carbocycles. The first-order valence-corrected chi connectivity index (χ1v) is 8.90. The van der Waals surface area contributed by atoms with Crippen molar-refractivity contribution >= 4 is 0 Å². The quantitative estimate of drug-likeness (QED) is 0.800. The second-order valence-corrected chi connectivity index (χ2v) is 6.93. The van der Waals surface area contributed by atoms with Crippen LogP contribution in [0.15, 0.2) is 0 Å². The highest BCUT2D eigenvalue weighted by molar-refractivity contribution is 5.04. The van der Waals surface area contributed by atoms with Crippen molar-refractivity contribution in [3.8, 4) is 0 Å². The van der Waals surface area contributed by atoms with Crippen LogP contribution in [0.3, 0.4) is 0 Å². The lowest BCUT2D eigenvalue weighted by atomic mass is 9.97. The van der Waals surface area contributed by atoms with Gasteiger partial charge < -0.3 is 14.2 Å². The number of alkyl halides is 3. The Bertz CT molecular complexity index is 556. The number of hydrogen-bond acceptors (Lipinski definition) is 5. The van der Waals surface area contributed by atoms with E-state index in [1.807, 2.05) is 16.5 Å².